The highest BCUT2D eigenvalue weighted by Gasteiger charge is 2.00. The molecule has 0 heterocycles. The van der Waals surface area contributed by atoms with Gasteiger partial charge in [-0.2, -0.15) is 0 Å². The van der Waals surface area contributed by atoms with Crippen molar-refractivity contribution in [1.82, 2.24) is 5.43 Å². The van der Waals surface area contributed by atoms with Crippen molar-refractivity contribution in [2.75, 3.05) is 0 Å². The summed E-state index contributed by atoms with van der Waals surface area (Å²) in [5.74, 6) is 5.74. The molecular weight excluding hydrogens is 104 g/mol. The predicted molar refractivity (Wildman–Crippen MR) is 31.5 cm³/mol. The van der Waals surface area contributed by atoms with Gasteiger partial charge in [0, 0.05) is 6.42 Å². The van der Waals surface area contributed by atoms with Gasteiger partial charge in [0.25, 0.3) is 0 Å². The van der Waals surface area contributed by atoms with E-state index in [0.717, 1.165) is 5.92 Å². The summed E-state index contributed by atoms with van der Waals surface area (Å²) < 4.78 is 0. The van der Waals surface area contributed by atoms with Gasteiger partial charge in [0.15, 0.2) is 0 Å². The van der Waals surface area contributed by atoms with Crippen molar-refractivity contribution >= 4 is 5.91 Å². The molecular formula is C5H11N2O. The van der Waals surface area contributed by atoms with Gasteiger partial charge in [0.2, 0.25) is 5.91 Å². The lowest BCUT2D eigenvalue weighted by Crippen LogP contribution is -2.30. The molecule has 3 heteroatoms. The van der Waals surface area contributed by atoms with E-state index in [2.05, 4.69) is 0 Å². The molecule has 0 aromatic rings. The Morgan fingerprint density at radius 2 is 2.12 bits per heavy atom. The summed E-state index contributed by atoms with van der Waals surface area (Å²) >= 11 is 0. The van der Waals surface area contributed by atoms with Crippen molar-refractivity contribution < 1.29 is 4.79 Å². The number of hydrazine groups is 1. The minimum absolute atomic E-state index is 0.134. The van der Waals surface area contributed by atoms with Crippen molar-refractivity contribution in [3.05, 3.63) is 5.92 Å². The summed E-state index contributed by atoms with van der Waals surface area (Å²) in [5.41, 5.74) is 2.04. The van der Waals surface area contributed by atoms with E-state index in [1.165, 1.54) is 0 Å². The Labute approximate surface area is 49.2 Å². The van der Waals surface area contributed by atoms with Gasteiger partial charge in [0.1, 0.15) is 0 Å². The SMILES string of the molecule is C[C](C)CC(=O)NN. The van der Waals surface area contributed by atoms with Crippen LogP contribution in [-0.2, 0) is 4.79 Å². The Kier molecular flexibility index (Phi) is 3.19. The third-order valence-electron chi connectivity index (χ3n) is 0.675. The molecule has 0 saturated heterocycles. The number of carbonyl (C=O) groups is 1. The molecule has 0 atom stereocenters. The quantitative estimate of drug-likeness (QED) is 0.302. The lowest BCUT2D eigenvalue weighted by Gasteiger charge is -1.99. The Balaban J connectivity index is 3.25. The van der Waals surface area contributed by atoms with E-state index < -0.39 is 0 Å². The molecule has 0 saturated carbocycles. The van der Waals surface area contributed by atoms with E-state index in [4.69, 9.17) is 5.84 Å². The van der Waals surface area contributed by atoms with Crippen LogP contribution in [0.15, 0.2) is 0 Å². The van der Waals surface area contributed by atoms with E-state index in [1.54, 1.807) is 0 Å². The highest BCUT2D eigenvalue weighted by molar-refractivity contribution is 5.76. The summed E-state index contributed by atoms with van der Waals surface area (Å²) in [7, 11) is 0. The summed E-state index contributed by atoms with van der Waals surface area (Å²) in [6.07, 6.45) is 0.427. The van der Waals surface area contributed by atoms with Crippen LogP contribution in [0, 0.1) is 5.92 Å². The van der Waals surface area contributed by atoms with Gasteiger partial charge in [-0.05, 0) is 5.92 Å². The van der Waals surface area contributed by atoms with Gasteiger partial charge in [0.05, 0.1) is 0 Å². The molecule has 1 amide bonds. The van der Waals surface area contributed by atoms with Crippen LogP contribution in [-0.4, -0.2) is 5.91 Å². The highest BCUT2D eigenvalue weighted by Crippen LogP contribution is 1.99. The Bertz CT molecular complexity index is 80.5. The number of amides is 1. The second-order valence-corrected chi connectivity index (χ2v) is 1.95. The monoisotopic (exact) mass is 115 g/mol. The zero-order chi connectivity index (χ0) is 6.57. The maximum atomic E-state index is 10.4. The smallest absolute Gasteiger partial charge is 0.234 e. The van der Waals surface area contributed by atoms with Crippen molar-refractivity contribution in [2.24, 2.45) is 5.84 Å². The van der Waals surface area contributed by atoms with Crippen molar-refractivity contribution in [3.8, 4) is 0 Å². The van der Waals surface area contributed by atoms with Gasteiger partial charge in [-0.25, -0.2) is 5.84 Å². The average Bonchev–Trinajstić information content (AvgIpc) is 1.65. The number of nitrogens with two attached hydrogens (primary N) is 1. The second kappa shape index (κ2) is 3.43. The van der Waals surface area contributed by atoms with Gasteiger partial charge in [-0.3, -0.25) is 10.2 Å². The molecule has 1 radical (unpaired) electrons. The number of hydrogen-bond acceptors (Lipinski definition) is 2. The van der Waals surface area contributed by atoms with Crippen LogP contribution in [0.25, 0.3) is 0 Å². The standard InChI is InChI=1S/C5H11N2O/c1-4(2)3-5(8)7-6/h3,6H2,1-2H3,(H,7,8). The van der Waals surface area contributed by atoms with Crippen LogP contribution in [0.5, 0.6) is 0 Å². The van der Waals surface area contributed by atoms with Gasteiger partial charge < -0.3 is 0 Å². The molecule has 0 aliphatic heterocycles. The summed E-state index contributed by atoms with van der Waals surface area (Å²) in [6, 6.07) is 0. The fourth-order valence-electron chi connectivity index (χ4n) is 0.372. The van der Waals surface area contributed by atoms with E-state index >= 15 is 0 Å². The first-order valence-electron chi connectivity index (χ1n) is 2.45. The first-order valence-corrected chi connectivity index (χ1v) is 2.45. The largest absolute Gasteiger partial charge is 0.294 e. The van der Waals surface area contributed by atoms with Crippen LogP contribution in [0.1, 0.15) is 20.3 Å². The van der Waals surface area contributed by atoms with Gasteiger partial charge in [-0.15, -0.1) is 0 Å². The maximum Gasteiger partial charge on any atom is 0.234 e. The fourth-order valence-corrected chi connectivity index (χ4v) is 0.372. The molecule has 0 bridgehead atoms. The molecule has 47 valence electrons. The minimum atomic E-state index is -0.134. The van der Waals surface area contributed by atoms with E-state index in [9.17, 15) is 4.79 Å². The number of hydrogen-bond donors (Lipinski definition) is 2. The Morgan fingerprint density at radius 1 is 1.62 bits per heavy atom. The van der Waals surface area contributed by atoms with Crippen molar-refractivity contribution in [1.29, 1.82) is 0 Å². The predicted octanol–water partition coefficient (Wildman–Crippen LogP) is -0.0193. The molecule has 0 rings (SSSR count). The zero-order valence-corrected chi connectivity index (χ0v) is 5.19. The second-order valence-electron chi connectivity index (χ2n) is 1.95. The van der Waals surface area contributed by atoms with Crippen molar-refractivity contribution in [2.45, 2.75) is 20.3 Å². The molecule has 0 aromatic carbocycles. The number of carbonyl (C=O) groups excluding carboxylic acids is 1. The highest BCUT2D eigenvalue weighted by atomic mass is 16.2. The minimum Gasteiger partial charge on any atom is -0.294 e. The first-order chi connectivity index (χ1) is 3.66. The molecule has 0 fully saturated rings. The van der Waals surface area contributed by atoms with Crippen LogP contribution >= 0.6 is 0 Å². The summed E-state index contributed by atoms with van der Waals surface area (Å²) in [6.45, 7) is 3.77. The van der Waals surface area contributed by atoms with Crippen LogP contribution in [0.2, 0.25) is 0 Å². The molecule has 3 nitrogen and oxygen atoms in total. The third-order valence-corrected chi connectivity index (χ3v) is 0.675. The first kappa shape index (κ1) is 7.43. The summed E-state index contributed by atoms with van der Waals surface area (Å²) in [4.78, 5) is 10.4. The van der Waals surface area contributed by atoms with Crippen LogP contribution in [0.4, 0.5) is 0 Å². The molecule has 0 aromatic heterocycles. The topological polar surface area (TPSA) is 55.1 Å². The van der Waals surface area contributed by atoms with Crippen LogP contribution < -0.4 is 11.3 Å². The third kappa shape index (κ3) is 3.61. The number of nitrogens with one attached hydrogen (secondary N) is 1. The maximum absolute atomic E-state index is 10.4. The normalized spacial score (nSPS) is 9.50. The van der Waals surface area contributed by atoms with E-state index in [1.807, 2.05) is 19.3 Å². The average molecular weight is 115 g/mol. The van der Waals surface area contributed by atoms with Gasteiger partial charge >= 0.3 is 0 Å². The number of rotatable bonds is 2. The summed E-state index contributed by atoms with van der Waals surface area (Å²) in [5, 5.41) is 0. The molecule has 0 unspecified atom stereocenters. The molecule has 3 N–H and O–H groups in total. The Hall–Kier alpha value is -0.570. The molecule has 8 heavy (non-hydrogen) atoms. The Morgan fingerprint density at radius 3 is 2.25 bits per heavy atom. The zero-order valence-electron chi connectivity index (χ0n) is 5.19. The van der Waals surface area contributed by atoms with Crippen molar-refractivity contribution in [3.63, 3.8) is 0 Å². The van der Waals surface area contributed by atoms with Gasteiger partial charge in [-0.1, -0.05) is 13.8 Å². The molecule has 0 aliphatic carbocycles. The van der Waals surface area contributed by atoms with E-state index in [0.29, 0.717) is 6.42 Å². The lowest BCUT2D eigenvalue weighted by atomic mass is 10.1. The fraction of sp³-hybridized carbons (Fsp3) is 0.600. The van der Waals surface area contributed by atoms with Crippen LogP contribution in [0.3, 0.4) is 0 Å². The lowest BCUT2D eigenvalue weighted by molar-refractivity contribution is -0.120. The van der Waals surface area contributed by atoms with E-state index in [-0.39, 0.29) is 5.91 Å². The molecule has 0 aliphatic rings. The molecule has 0 spiro atoms.